The lowest BCUT2D eigenvalue weighted by Gasteiger charge is -2.16. The third-order valence-corrected chi connectivity index (χ3v) is 2.85. The lowest BCUT2D eigenvalue weighted by Crippen LogP contribution is -2.17. The van der Waals surface area contributed by atoms with E-state index in [4.69, 9.17) is 10.5 Å². The molecule has 6 nitrogen and oxygen atoms in total. The van der Waals surface area contributed by atoms with Crippen LogP contribution in [0, 0.1) is 0 Å². The van der Waals surface area contributed by atoms with E-state index in [-0.39, 0.29) is 24.3 Å². The molecule has 1 heterocycles. The predicted molar refractivity (Wildman–Crippen MR) is 68.2 cm³/mol. The Morgan fingerprint density at radius 2 is 2.11 bits per heavy atom. The van der Waals surface area contributed by atoms with Crippen LogP contribution in [0.3, 0.4) is 0 Å². The molecule has 2 N–H and O–H groups in total. The molecule has 0 radical (unpaired) electrons. The van der Waals surface area contributed by atoms with Crippen molar-refractivity contribution >= 4 is 5.91 Å². The van der Waals surface area contributed by atoms with Crippen LogP contribution < -0.4 is 5.73 Å². The summed E-state index contributed by atoms with van der Waals surface area (Å²) in [6.07, 6.45) is 1.00. The van der Waals surface area contributed by atoms with E-state index in [1.165, 1.54) is 0 Å². The average Bonchev–Trinajstić information content (AvgIpc) is 2.68. The molecule has 0 aliphatic rings. The van der Waals surface area contributed by atoms with Gasteiger partial charge in [-0.15, -0.1) is 5.10 Å². The molecule has 18 heavy (non-hydrogen) atoms. The molecular formula is C12H22N4O2. The molecule has 1 rings (SSSR count). The number of aromatic nitrogens is 3. The molecule has 0 fully saturated rings. The molecule has 0 spiro atoms. The summed E-state index contributed by atoms with van der Waals surface area (Å²) in [5, 5.41) is 8.22. The van der Waals surface area contributed by atoms with Gasteiger partial charge in [0, 0.05) is 13.7 Å². The van der Waals surface area contributed by atoms with Gasteiger partial charge in [0.15, 0.2) is 0 Å². The monoisotopic (exact) mass is 254 g/mol. The van der Waals surface area contributed by atoms with Gasteiger partial charge in [0.25, 0.3) is 0 Å². The highest BCUT2D eigenvalue weighted by atomic mass is 16.5. The van der Waals surface area contributed by atoms with Crippen LogP contribution in [0.2, 0.25) is 0 Å². The highest BCUT2D eigenvalue weighted by molar-refractivity contribution is 5.76. The van der Waals surface area contributed by atoms with E-state index >= 15 is 0 Å². The first-order chi connectivity index (χ1) is 8.47. The maximum Gasteiger partial charge on any atom is 0.223 e. The van der Waals surface area contributed by atoms with Crippen LogP contribution in [0.4, 0.5) is 0 Å². The lowest BCUT2D eigenvalue weighted by molar-refractivity contribution is -0.117. The van der Waals surface area contributed by atoms with E-state index in [9.17, 15) is 4.79 Å². The molecule has 0 saturated carbocycles. The van der Waals surface area contributed by atoms with Crippen molar-refractivity contribution in [1.82, 2.24) is 15.0 Å². The van der Waals surface area contributed by atoms with Crippen LogP contribution in [0.15, 0.2) is 0 Å². The number of ether oxygens (including phenoxy) is 1. The first kappa shape index (κ1) is 14.6. The van der Waals surface area contributed by atoms with E-state index in [1.807, 2.05) is 4.68 Å². The Morgan fingerprint density at radius 1 is 1.44 bits per heavy atom. The van der Waals surface area contributed by atoms with Crippen molar-refractivity contribution in [2.24, 2.45) is 5.73 Å². The number of carbonyl (C=O) groups excluding carboxylic acids is 1. The van der Waals surface area contributed by atoms with Gasteiger partial charge in [0.1, 0.15) is 0 Å². The fraction of sp³-hybridized carbons (Fsp3) is 0.750. The Balaban J connectivity index is 2.97. The van der Waals surface area contributed by atoms with Gasteiger partial charge in [-0.2, -0.15) is 0 Å². The molecule has 0 aliphatic heterocycles. The third-order valence-electron chi connectivity index (χ3n) is 2.85. The molecule has 102 valence electrons. The Bertz CT molecular complexity index is 401. The van der Waals surface area contributed by atoms with E-state index in [2.05, 4.69) is 31.1 Å². The maximum absolute atomic E-state index is 11.0. The standard InChI is InChI=1S/C12H22N4O2/c1-8(2)12-10(7-11(13)17)14-15-16(12)9(3)5-6-18-4/h8-9H,5-7H2,1-4H3,(H2,13,17). The molecule has 1 amide bonds. The molecule has 6 heteroatoms. The van der Waals surface area contributed by atoms with E-state index < -0.39 is 0 Å². The molecule has 1 atom stereocenters. The fourth-order valence-corrected chi connectivity index (χ4v) is 1.96. The Morgan fingerprint density at radius 3 is 2.61 bits per heavy atom. The highest BCUT2D eigenvalue weighted by Gasteiger charge is 2.20. The van der Waals surface area contributed by atoms with Gasteiger partial charge < -0.3 is 10.5 Å². The number of methoxy groups -OCH3 is 1. The highest BCUT2D eigenvalue weighted by Crippen LogP contribution is 2.22. The summed E-state index contributed by atoms with van der Waals surface area (Å²) in [7, 11) is 1.68. The van der Waals surface area contributed by atoms with Gasteiger partial charge in [-0.25, -0.2) is 4.68 Å². The van der Waals surface area contributed by atoms with Crippen molar-refractivity contribution in [2.45, 2.75) is 45.6 Å². The molecule has 1 aromatic heterocycles. The lowest BCUT2D eigenvalue weighted by atomic mass is 10.1. The third kappa shape index (κ3) is 3.53. The summed E-state index contributed by atoms with van der Waals surface area (Å²) < 4.78 is 6.95. The minimum Gasteiger partial charge on any atom is -0.385 e. The van der Waals surface area contributed by atoms with Gasteiger partial charge in [-0.3, -0.25) is 4.79 Å². The summed E-state index contributed by atoms with van der Waals surface area (Å²) in [5.41, 5.74) is 6.89. The molecule has 0 aliphatic carbocycles. The molecule has 0 bridgehead atoms. The zero-order valence-electron chi connectivity index (χ0n) is 11.5. The summed E-state index contributed by atoms with van der Waals surface area (Å²) in [6.45, 7) is 6.85. The summed E-state index contributed by atoms with van der Waals surface area (Å²) in [5.74, 6) is -0.132. The second kappa shape index (κ2) is 6.49. The van der Waals surface area contributed by atoms with Crippen LogP contribution in [-0.2, 0) is 16.0 Å². The number of primary amides is 1. The number of rotatable bonds is 7. The smallest absolute Gasteiger partial charge is 0.223 e. The maximum atomic E-state index is 11.0. The van der Waals surface area contributed by atoms with E-state index in [1.54, 1.807) is 7.11 Å². The largest absolute Gasteiger partial charge is 0.385 e. The SMILES string of the molecule is COCCC(C)n1nnc(CC(N)=O)c1C(C)C. The van der Waals surface area contributed by atoms with Crippen LogP contribution >= 0.6 is 0 Å². The first-order valence-electron chi connectivity index (χ1n) is 6.18. The molecule has 0 aromatic carbocycles. The summed E-state index contributed by atoms with van der Waals surface area (Å²) in [6, 6.07) is 0.191. The van der Waals surface area contributed by atoms with Crippen molar-refractivity contribution in [3.05, 3.63) is 11.4 Å². The predicted octanol–water partition coefficient (Wildman–Crippen LogP) is 1.03. The van der Waals surface area contributed by atoms with Crippen molar-refractivity contribution in [3.8, 4) is 0 Å². The minimum absolute atomic E-state index is 0.143. The van der Waals surface area contributed by atoms with Crippen LogP contribution in [0.1, 0.15) is 50.5 Å². The fourth-order valence-electron chi connectivity index (χ4n) is 1.96. The zero-order valence-corrected chi connectivity index (χ0v) is 11.5. The number of hydrogen-bond donors (Lipinski definition) is 1. The van der Waals surface area contributed by atoms with Gasteiger partial charge >= 0.3 is 0 Å². The van der Waals surface area contributed by atoms with Crippen molar-refractivity contribution in [3.63, 3.8) is 0 Å². The summed E-state index contributed by atoms with van der Waals surface area (Å²) >= 11 is 0. The number of hydrogen-bond acceptors (Lipinski definition) is 4. The van der Waals surface area contributed by atoms with Crippen molar-refractivity contribution < 1.29 is 9.53 Å². The quantitative estimate of drug-likeness (QED) is 0.787. The Labute approximate surface area is 107 Å². The number of amides is 1. The van der Waals surface area contributed by atoms with E-state index in [0.29, 0.717) is 12.3 Å². The average molecular weight is 254 g/mol. The zero-order chi connectivity index (χ0) is 13.7. The molecule has 0 saturated heterocycles. The Hall–Kier alpha value is -1.43. The normalized spacial score (nSPS) is 12.9. The second-order valence-electron chi connectivity index (χ2n) is 4.79. The van der Waals surface area contributed by atoms with Gasteiger partial charge in [-0.1, -0.05) is 19.1 Å². The van der Waals surface area contributed by atoms with Gasteiger partial charge in [0.2, 0.25) is 5.91 Å². The van der Waals surface area contributed by atoms with Gasteiger partial charge in [-0.05, 0) is 19.3 Å². The topological polar surface area (TPSA) is 83.0 Å². The van der Waals surface area contributed by atoms with Crippen LogP contribution in [0.25, 0.3) is 0 Å². The van der Waals surface area contributed by atoms with E-state index in [0.717, 1.165) is 12.1 Å². The summed E-state index contributed by atoms with van der Waals surface area (Å²) in [4.78, 5) is 11.0. The Kier molecular flexibility index (Phi) is 5.27. The van der Waals surface area contributed by atoms with Crippen LogP contribution in [0.5, 0.6) is 0 Å². The number of carbonyl (C=O) groups is 1. The van der Waals surface area contributed by atoms with Crippen molar-refractivity contribution in [2.75, 3.05) is 13.7 Å². The molecule has 1 aromatic rings. The van der Waals surface area contributed by atoms with Crippen molar-refractivity contribution in [1.29, 1.82) is 0 Å². The van der Waals surface area contributed by atoms with Gasteiger partial charge in [0.05, 0.1) is 23.9 Å². The molecular weight excluding hydrogens is 232 g/mol. The second-order valence-corrected chi connectivity index (χ2v) is 4.79. The first-order valence-corrected chi connectivity index (χ1v) is 6.18. The van der Waals surface area contributed by atoms with Crippen LogP contribution in [-0.4, -0.2) is 34.6 Å². The molecule has 1 unspecified atom stereocenters. The number of nitrogens with two attached hydrogens (primary N) is 1. The number of nitrogens with zero attached hydrogens (tertiary/aromatic N) is 3. The minimum atomic E-state index is -0.381.